The number of anilines is 1. The molecule has 0 radical (unpaired) electrons. The van der Waals surface area contributed by atoms with Crippen LogP contribution in [0.1, 0.15) is 22.7 Å². The van der Waals surface area contributed by atoms with E-state index in [2.05, 4.69) is 38.9 Å². The van der Waals surface area contributed by atoms with E-state index in [0.29, 0.717) is 6.54 Å². The van der Waals surface area contributed by atoms with E-state index in [4.69, 9.17) is 0 Å². The number of benzene rings is 1. The van der Waals surface area contributed by atoms with Crippen molar-refractivity contribution in [1.82, 2.24) is 20.1 Å². The normalized spacial score (nSPS) is 15.9. The van der Waals surface area contributed by atoms with Crippen molar-refractivity contribution >= 4 is 11.6 Å². The molecule has 3 N–H and O–H groups in total. The molecule has 6 heteroatoms. The zero-order chi connectivity index (χ0) is 17.1. The Hall–Kier alpha value is -3.12. The van der Waals surface area contributed by atoms with Gasteiger partial charge in [-0.3, -0.25) is 4.98 Å². The molecule has 25 heavy (non-hydrogen) atoms. The van der Waals surface area contributed by atoms with Gasteiger partial charge in [0.15, 0.2) is 0 Å². The van der Waals surface area contributed by atoms with Gasteiger partial charge in [-0.25, -0.2) is 4.68 Å². The third kappa shape index (κ3) is 3.12. The van der Waals surface area contributed by atoms with Crippen molar-refractivity contribution in [3.8, 4) is 0 Å². The van der Waals surface area contributed by atoms with Gasteiger partial charge in [-0.15, -0.1) is 0 Å². The fourth-order valence-electron chi connectivity index (χ4n) is 2.92. The molecule has 0 spiro atoms. The summed E-state index contributed by atoms with van der Waals surface area (Å²) in [4.78, 5) is 4.15. The first kappa shape index (κ1) is 15.4. The number of hydrogen-bond donors (Lipinski definition) is 3. The molecule has 6 nitrogen and oxygen atoms in total. The lowest BCUT2D eigenvalue weighted by molar-refractivity contribution is 0.282. The highest BCUT2D eigenvalue weighted by Gasteiger charge is 2.23. The SMILES string of the molecule is OCc1cnn2c1NC(c1ccccc1)C=C2NCc1cccnc1. The third-order valence-electron chi connectivity index (χ3n) is 4.22. The Labute approximate surface area is 145 Å². The summed E-state index contributed by atoms with van der Waals surface area (Å²) in [5.41, 5.74) is 3.02. The summed E-state index contributed by atoms with van der Waals surface area (Å²) < 4.78 is 1.79. The first-order valence-electron chi connectivity index (χ1n) is 8.19. The van der Waals surface area contributed by atoms with Gasteiger partial charge in [0.25, 0.3) is 0 Å². The van der Waals surface area contributed by atoms with Crippen LogP contribution in [0.3, 0.4) is 0 Å². The van der Waals surface area contributed by atoms with Gasteiger partial charge in [0.1, 0.15) is 11.6 Å². The summed E-state index contributed by atoms with van der Waals surface area (Å²) in [5.74, 6) is 1.69. The highest BCUT2D eigenvalue weighted by molar-refractivity contribution is 5.62. The maximum absolute atomic E-state index is 9.59. The Balaban J connectivity index is 1.65. The Kier molecular flexibility index (Phi) is 4.18. The van der Waals surface area contributed by atoms with Crippen LogP contribution < -0.4 is 10.6 Å². The summed E-state index contributed by atoms with van der Waals surface area (Å²) in [6.45, 7) is 0.592. The van der Waals surface area contributed by atoms with Crippen molar-refractivity contribution in [3.05, 3.63) is 83.8 Å². The van der Waals surface area contributed by atoms with Crippen LogP contribution in [-0.2, 0) is 13.2 Å². The van der Waals surface area contributed by atoms with E-state index in [1.54, 1.807) is 17.1 Å². The van der Waals surface area contributed by atoms with Gasteiger partial charge in [-0.2, -0.15) is 5.10 Å². The predicted octanol–water partition coefficient (Wildman–Crippen LogP) is 2.53. The molecule has 1 aliphatic rings. The zero-order valence-electron chi connectivity index (χ0n) is 13.6. The number of aliphatic hydroxyl groups excluding tert-OH is 1. The lowest BCUT2D eigenvalue weighted by Crippen LogP contribution is -2.26. The minimum absolute atomic E-state index is 0.00657. The molecule has 0 saturated heterocycles. The number of aliphatic hydroxyl groups is 1. The van der Waals surface area contributed by atoms with E-state index in [1.165, 1.54) is 0 Å². The molecular weight excluding hydrogens is 314 g/mol. The number of nitrogens with zero attached hydrogens (tertiary/aromatic N) is 3. The lowest BCUT2D eigenvalue weighted by Gasteiger charge is -2.26. The second-order valence-electron chi connectivity index (χ2n) is 5.89. The largest absolute Gasteiger partial charge is 0.391 e. The fraction of sp³-hybridized carbons (Fsp3) is 0.158. The van der Waals surface area contributed by atoms with E-state index >= 15 is 0 Å². The number of rotatable bonds is 5. The maximum Gasteiger partial charge on any atom is 0.137 e. The standard InChI is InChI=1S/C19H19N5O/c25-13-16-12-22-24-18(21-11-14-5-4-8-20-10-14)9-17(23-19(16)24)15-6-2-1-3-7-15/h1-10,12,17,21,23,25H,11,13H2. The number of fused-ring (bicyclic) bond motifs is 1. The molecule has 0 bridgehead atoms. The minimum Gasteiger partial charge on any atom is -0.391 e. The van der Waals surface area contributed by atoms with E-state index in [1.807, 2.05) is 36.5 Å². The summed E-state index contributed by atoms with van der Waals surface area (Å²) in [6, 6.07) is 14.2. The van der Waals surface area contributed by atoms with Gasteiger partial charge < -0.3 is 15.7 Å². The molecule has 4 rings (SSSR count). The molecule has 0 aliphatic carbocycles. The summed E-state index contributed by atoms with van der Waals surface area (Å²) in [6.07, 6.45) is 7.40. The van der Waals surface area contributed by atoms with Gasteiger partial charge in [-0.05, 0) is 23.3 Å². The van der Waals surface area contributed by atoms with Crippen LogP contribution in [-0.4, -0.2) is 19.9 Å². The highest BCUT2D eigenvalue weighted by Crippen LogP contribution is 2.31. The number of pyridine rings is 1. The van der Waals surface area contributed by atoms with Crippen LogP contribution >= 0.6 is 0 Å². The van der Waals surface area contributed by atoms with Gasteiger partial charge in [-0.1, -0.05) is 36.4 Å². The molecular formula is C19H19N5O. The fourth-order valence-corrected chi connectivity index (χ4v) is 2.92. The van der Waals surface area contributed by atoms with E-state index < -0.39 is 0 Å². The Morgan fingerprint density at radius 1 is 1.12 bits per heavy atom. The molecule has 0 fully saturated rings. The van der Waals surface area contributed by atoms with Crippen molar-refractivity contribution in [2.45, 2.75) is 19.2 Å². The molecule has 3 aromatic rings. The van der Waals surface area contributed by atoms with Crippen LogP contribution in [0, 0.1) is 0 Å². The van der Waals surface area contributed by atoms with Gasteiger partial charge in [0, 0.05) is 24.5 Å². The Bertz CT molecular complexity index is 873. The van der Waals surface area contributed by atoms with E-state index in [-0.39, 0.29) is 12.6 Å². The molecule has 0 saturated carbocycles. The molecule has 126 valence electrons. The van der Waals surface area contributed by atoms with E-state index in [9.17, 15) is 5.11 Å². The van der Waals surface area contributed by atoms with Crippen LogP contribution in [0.2, 0.25) is 0 Å². The van der Waals surface area contributed by atoms with Crippen molar-refractivity contribution in [3.63, 3.8) is 0 Å². The summed E-state index contributed by atoms with van der Waals surface area (Å²) >= 11 is 0. The summed E-state index contributed by atoms with van der Waals surface area (Å²) in [7, 11) is 0. The molecule has 1 aliphatic heterocycles. The minimum atomic E-state index is -0.0558. The zero-order valence-corrected chi connectivity index (χ0v) is 13.6. The number of hydrogen-bond acceptors (Lipinski definition) is 5. The molecule has 3 heterocycles. The van der Waals surface area contributed by atoms with Crippen molar-refractivity contribution in [2.75, 3.05) is 5.32 Å². The topological polar surface area (TPSA) is 75.0 Å². The van der Waals surface area contributed by atoms with Gasteiger partial charge in [0.2, 0.25) is 0 Å². The van der Waals surface area contributed by atoms with Crippen LogP contribution in [0.5, 0.6) is 0 Å². The third-order valence-corrected chi connectivity index (χ3v) is 4.22. The average molecular weight is 333 g/mol. The Morgan fingerprint density at radius 3 is 2.76 bits per heavy atom. The molecule has 2 aromatic heterocycles. The van der Waals surface area contributed by atoms with Crippen LogP contribution in [0.15, 0.2) is 67.1 Å². The van der Waals surface area contributed by atoms with Gasteiger partial charge in [0.05, 0.1) is 18.8 Å². The van der Waals surface area contributed by atoms with Crippen molar-refractivity contribution < 1.29 is 5.11 Å². The predicted molar refractivity (Wildman–Crippen MR) is 96.3 cm³/mol. The molecule has 0 amide bonds. The maximum atomic E-state index is 9.59. The second-order valence-corrected chi connectivity index (χ2v) is 5.89. The second kappa shape index (κ2) is 6.78. The van der Waals surface area contributed by atoms with Crippen molar-refractivity contribution in [2.24, 2.45) is 0 Å². The smallest absolute Gasteiger partial charge is 0.137 e. The highest BCUT2D eigenvalue weighted by atomic mass is 16.3. The molecule has 1 unspecified atom stereocenters. The van der Waals surface area contributed by atoms with E-state index in [0.717, 1.165) is 28.3 Å². The first-order valence-corrected chi connectivity index (χ1v) is 8.19. The lowest BCUT2D eigenvalue weighted by atomic mass is 10.1. The monoisotopic (exact) mass is 333 g/mol. The van der Waals surface area contributed by atoms with Gasteiger partial charge >= 0.3 is 0 Å². The number of nitrogens with one attached hydrogen (secondary N) is 2. The first-order chi connectivity index (χ1) is 12.3. The number of aromatic nitrogens is 3. The van der Waals surface area contributed by atoms with Crippen molar-refractivity contribution in [1.29, 1.82) is 0 Å². The average Bonchev–Trinajstić information content (AvgIpc) is 3.11. The van der Waals surface area contributed by atoms with Crippen LogP contribution in [0.4, 0.5) is 5.82 Å². The summed E-state index contributed by atoms with van der Waals surface area (Å²) in [5, 5.41) is 20.9. The molecule has 1 atom stereocenters. The molecule has 1 aromatic carbocycles. The van der Waals surface area contributed by atoms with Crippen LogP contribution in [0.25, 0.3) is 5.82 Å². The Morgan fingerprint density at radius 2 is 2.00 bits per heavy atom. The quantitative estimate of drug-likeness (QED) is 0.669.